The second kappa shape index (κ2) is 6.10. The first-order valence-corrected chi connectivity index (χ1v) is 6.20. The number of methoxy groups -OCH3 is 1. The number of aromatic carboxylic acids is 1. The Labute approximate surface area is 117 Å². The molecule has 104 valence electrons. The van der Waals surface area contributed by atoms with Gasteiger partial charge in [0.25, 0.3) is 0 Å². The minimum Gasteiger partial charge on any atom is -0.493 e. The molecule has 0 saturated heterocycles. The summed E-state index contributed by atoms with van der Waals surface area (Å²) < 4.78 is 10.9. The molecule has 0 aliphatic rings. The van der Waals surface area contributed by atoms with Gasteiger partial charge in [-0.25, -0.2) is 4.79 Å². The third-order valence-corrected chi connectivity index (χ3v) is 2.89. The fourth-order valence-electron chi connectivity index (χ4n) is 1.85. The zero-order valence-electron chi connectivity index (χ0n) is 11.4. The number of carboxylic acid groups (broad SMARTS) is 1. The smallest absolute Gasteiger partial charge is 0.335 e. The van der Waals surface area contributed by atoms with Crippen molar-refractivity contribution in [2.45, 2.75) is 13.5 Å². The van der Waals surface area contributed by atoms with Crippen molar-refractivity contribution in [3.8, 4) is 11.5 Å². The third kappa shape index (κ3) is 3.29. The Morgan fingerprint density at radius 3 is 2.65 bits per heavy atom. The van der Waals surface area contributed by atoms with Gasteiger partial charge in [0.1, 0.15) is 6.61 Å². The molecule has 0 bridgehead atoms. The van der Waals surface area contributed by atoms with Crippen LogP contribution in [-0.4, -0.2) is 18.2 Å². The molecule has 0 saturated carbocycles. The van der Waals surface area contributed by atoms with Crippen LogP contribution in [0.5, 0.6) is 11.5 Å². The predicted octanol–water partition coefficient (Wildman–Crippen LogP) is 3.28. The van der Waals surface area contributed by atoms with Crippen molar-refractivity contribution in [3.05, 3.63) is 59.2 Å². The van der Waals surface area contributed by atoms with Gasteiger partial charge in [0.05, 0.1) is 12.7 Å². The largest absolute Gasteiger partial charge is 0.493 e. The van der Waals surface area contributed by atoms with Gasteiger partial charge in [-0.1, -0.05) is 18.2 Å². The van der Waals surface area contributed by atoms with Crippen LogP contribution >= 0.6 is 0 Å². The standard InChI is InChI=1S/C16H16O4/c1-11-6-7-14(15(8-11)19-2)20-10-12-4-3-5-13(9-12)16(17)18/h3-9H,10H2,1-2H3,(H,17,18). The monoisotopic (exact) mass is 272 g/mol. The highest BCUT2D eigenvalue weighted by Crippen LogP contribution is 2.28. The van der Waals surface area contributed by atoms with E-state index >= 15 is 0 Å². The summed E-state index contributed by atoms with van der Waals surface area (Å²) in [6.45, 7) is 2.27. The molecule has 0 aliphatic carbocycles. The molecule has 2 aromatic carbocycles. The summed E-state index contributed by atoms with van der Waals surface area (Å²) in [5.74, 6) is 0.359. The van der Waals surface area contributed by atoms with E-state index in [4.69, 9.17) is 14.6 Å². The maximum absolute atomic E-state index is 10.9. The van der Waals surface area contributed by atoms with Crippen molar-refractivity contribution in [2.75, 3.05) is 7.11 Å². The van der Waals surface area contributed by atoms with Gasteiger partial charge in [-0.05, 0) is 42.3 Å². The Morgan fingerprint density at radius 2 is 1.95 bits per heavy atom. The van der Waals surface area contributed by atoms with Crippen molar-refractivity contribution >= 4 is 5.97 Å². The van der Waals surface area contributed by atoms with Crippen LogP contribution in [0.1, 0.15) is 21.5 Å². The van der Waals surface area contributed by atoms with E-state index < -0.39 is 5.97 Å². The van der Waals surface area contributed by atoms with E-state index in [1.165, 1.54) is 0 Å². The third-order valence-electron chi connectivity index (χ3n) is 2.89. The van der Waals surface area contributed by atoms with Gasteiger partial charge in [0.2, 0.25) is 0 Å². The summed E-state index contributed by atoms with van der Waals surface area (Å²) in [5, 5.41) is 8.95. The second-order valence-corrected chi connectivity index (χ2v) is 4.45. The van der Waals surface area contributed by atoms with Gasteiger partial charge >= 0.3 is 5.97 Å². The van der Waals surface area contributed by atoms with Crippen LogP contribution < -0.4 is 9.47 Å². The summed E-state index contributed by atoms with van der Waals surface area (Å²) in [6, 6.07) is 12.4. The van der Waals surface area contributed by atoms with Crippen molar-refractivity contribution in [3.63, 3.8) is 0 Å². The number of carboxylic acids is 1. The van der Waals surface area contributed by atoms with E-state index in [0.29, 0.717) is 18.1 Å². The van der Waals surface area contributed by atoms with Crippen molar-refractivity contribution < 1.29 is 19.4 Å². The number of ether oxygens (including phenoxy) is 2. The van der Waals surface area contributed by atoms with Gasteiger partial charge in [-0.2, -0.15) is 0 Å². The maximum Gasteiger partial charge on any atom is 0.335 e. The SMILES string of the molecule is COc1cc(C)ccc1OCc1cccc(C(=O)O)c1. The van der Waals surface area contributed by atoms with Gasteiger partial charge in [0.15, 0.2) is 11.5 Å². The van der Waals surface area contributed by atoms with Crippen molar-refractivity contribution in [1.29, 1.82) is 0 Å². The molecule has 0 amide bonds. The van der Waals surface area contributed by atoms with Gasteiger partial charge < -0.3 is 14.6 Å². The second-order valence-electron chi connectivity index (χ2n) is 4.45. The molecule has 2 rings (SSSR count). The fraction of sp³-hybridized carbons (Fsp3) is 0.188. The highest BCUT2D eigenvalue weighted by atomic mass is 16.5. The normalized spacial score (nSPS) is 10.1. The van der Waals surface area contributed by atoms with Crippen molar-refractivity contribution in [1.82, 2.24) is 0 Å². The fourth-order valence-corrected chi connectivity index (χ4v) is 1.85. The van der Waals surface area contributed by atoms with Crippen LogP contribution in [0.4, 0.5) is 0 Å². The minimum absolute atomic E-state index is 0.252. The highest BCUT2D eigenvalue weighted by Gasteiger charge is 2.06. The summed E-state index contributed by atoms with van der Waals surface area (Å²) >= 11 is 0. The van der Waals surface area contributed by atoms with E-state index in [1.807, 2.05) is 31.2 Å². The first-order chi connectivity index (χ1) is 9.60. The summed E-state index contributed by atoms with van der Waals surface area (Å²) in [5.41, 5.74) is 2.14. The molecule has 1 N–H and O–H groups in total. The van der Waals surface area contributed by atoms with Crippen molar-refractivity contribution in [2.24, 2.45) is 0 Å². The van der Waals surface area contributed by atoms with E-state index in [2.05, 4.69) is 0 Å². The van der Waals surface area contributed by atoms with Crippen LogP contribution in [0, 0.1) is 6.92 Å². The Bertz CT molecular complexity index is 620. The topological polar surface area (TPSA) is 55.8 Å². The summed E-state index contributed by atoms with van der Waals surface area (Å²) in [4.78, 5) is 10.9. The lowest BCUT2D eigenvalue weighted by molar-refractivity contribution is 0.0696. The number of benzene rings is 2. The van der Waals surface area contributed by atoms with Crippen LogP contribution in [0.2, 0.25) is 0 Å². The molecule has 4 nitrogen and oxygen atoms in total. The quantitative estimate of drug-likeness (QED) is 0.907. The molecule has 0 fully saturated rings. The zero-order chi connectivity index (χ0) is 14.5. The van der Waals surface area contributed by atoms with Gasteiger partial charge in [-0.15, -0.1) is 0 Å². The Hall–Kier alpha value is -2.49. The first-order valence-electron chi connectivity index (χ1n) is 6.20. The van der Waals surface area contributed by atoms with Gasteiger partial charge in [-0.3, -0.25) is 0 Å². The van der Waals surface area contributed by atoms with Crippen LogP contribution in [0.25, 0.3) is 0 Å². The molecule has 0 atom stereocenters. The van der Waals surface area contributed by atoms with Gasteiger partial charge in [0, 0.05) is 0 Å². The van der Waals surface area contributed by atoms with Crippen LogP contribution in [0.15, 0.2) is 42.5 Å². The van der Waals surface area contributed by atoms with Crippen LogP contribution in [-0.2, 0) is 6.61 Å². The Morgan fingerprint density at radius 1 is 1.15 bits per heavy atom. The predicted molar refractivity (Wildman–Crippen MR) is 75.5 cm³/mol. The first kappa shape index (κ1) is 13.9. The maximum atomic E-state index is 10.9. The summed E-state index contributed by atoms with van der Waals surface area (Å²) in [7, 11) is 1.59. The molecular weight excluding hydrogens is 256 g/mol. The Kier molecular flexibility index (Phi) is 4.25. The van der Waals surface area contributed by atoms with E-state index in [-0.39, 0.29) is 5.56 Å². The number of hydrogen-bond acceptors (Lipinski definition) is 3. The van der Waals surface area contributed by atoms with E-state index in [9.17, 15) is 4.79 Å². The molecule has 0 heterocycles. The average molecular weight is 272 g/mol. The lowest BCUT2D eigenvalue weighted by Gasteiger charge is -2.11. The lowest BCUT2D eigenvalue weighted by atomic mass is 10.1. The number of rotatable bonds is 5. The van der Waals surface area contributed by atoms with E-state index in [1.54, 1.807) is 25.3 Å². The molecular formula is C16H16O4. The number of carbonyl (C=O) groups is 1. The van der Waals surface area contributed by atoms with Crippen LogP contribution in [0.3, 0.4) is 0 Å². The average Bonchev–Trinajstić information content (AvgIpc) is 2.46. The molecule has 2 aromatic rings. The Balaban J connectivity index is 2.12. The zero-order valence-corrected chi connectivity index (χ0v) is 11.4. The van der Waals surface area contributed by atoms with E-state index in [0.717, 1.165) is 11.1 Å². The molecule has 0 radical (unpaired) electrons. The summed E-state index contributed by atoms with van der Waals surface area (Å²) in [6.07, 6.45) is 0. The molecule has 0 spiro atoms. The lowest BCUT2D eigenvalue weighted by Crippen LogP contribution is -2.01. The minimum atomic E-state index is -0.945. The molecule has 0 unspecified atom stereocenters. The number of aryl methyl sites for hydroxylation is 1. The molecule has 20 heavy (non-hydrogen) atoms. The molecule has 0 aromatic heterocycles. The highest BCUT2D eigenvalue weighted by molar-refractivity contribution is 5.87. The number of hydrogen-bond donors (Lipinski definition) is 1. The molecule has 4 heteroatoms. The molecule has 0 aliphatic heterocycles.